The van der Waals surface area contributed by atoms with Crippen LogP contribution in [0, 0.1) is 23.0 Å². The number of imidazole rings is 1. The minimum atomic E-state index is -0.532. The topological polar surface area (TPSA) is 118 Å². The van der Waals surface area contributed by atoms with Gasteiger partial charge in [-0.3, -0.25) is 9.38 Å². The van der Waals surface area contributed by atoms with Crippen molar-refractivity contribution in [2.75, 3.05) is 11.1 Å². The first-order chi connectivity index (χ1) is 14.0. The first-order valence-electron chi connectivity index (χ1n) is 8.53. The van der Waals surface area contributed by atoms with Crippen LogP contribution in [0.2, 0.25) is 0 Å². The molecule has 1 unspecified atom stereocenters. The summed E-state index contributed by atoms with van der Waals surface area (Å²) in [6.45, 7) is 1.79. The van der Waals surface area contributed by atoms with E-state index < -0.39 is 17.7 Å². The van der Waals surface area contributed by atoms with Crippen LogP contribution in [0.1, 0.15) is 24.2 Å². The maximum Gasteiger partial charge on any atom is 0.150 e. The first kappa shape index (κ1) is 18.2. The van der Waals surface area contributed by atoms with Crippen molar-refractivity contribution >= 4 is 17.3 Å². The number of nitrogens with one attached hydrogen (secondary N) is 1. The lowest BCUT2D eigenvalue weighted by Crippen LogP contribution is -2.12. The second kappa shape index (κ2) is 7.12. The number of anilines is 2. The number of halogens is 2. The highest BCUT2D eigenvalue weighted by Crippen LogP contribution is 2.31. The van der Waals surface area contributed by atoms with Crippen molar-refractivity contribution in [3.05, 3.63) is 66.0 Å². The van der Waals surface area contributed by atoms with Crippen molar-refractivity contribution < 1.29 is 8.78 Å². The molecular weight excluding hydrogens is 378 g/mol. The van der Waals surface area contributed by atoms with Crippen LogP contribution in [-0.2, 0) is 0 Å². The van der Waals surface area contributed by atoms with Gasteiger partial charge in [-0.05, 0) is 25.1 Å². The van der Waals surface area contributed by atoms with E-state index in [9.17, 15) is 14.0 Å². The molecule has 0 aliphatic heterocycles. The van der Waals surface area contributed by atoms with Gasteiger partial charge >= 0.3 is 0 Å². The summed E-state index contributed by atoms with van der Waals surface area (Å²) >= 11 is 0. The fourth-order valence-corrected chi connectivity index (χ4v) is 3.06. The Morgan fingerprint density at radius 1 is 1.21 bits per heavy atom. The van der Waals surface area contributed by atoms with Gasteiger partial charge in [0, 0.05) is 18.0 Å². The Morgan fingerprint density at radius 3 is 2.79 bits per heavy atom. The molecule has 0 spiro atoms. The average molecular weight is 392 g/mol. The van der Waals surface area contributed by atoms with Gasteiger partial charge in [0.05, 0.1) is 23.6 Å². The number of hydrogen-bond donors (Lipinski definition) is 2. The third kappa shape index (κ3) is 3.29. The summed E-state index contributed by atoms with van der Waals surface area (Å²) in [7, 11) is 0. The molecule has 0 aromatic carbocycles. The first-order valence-corrected chi connectivity index (χ1v) is 8.53. The third-order valence-corrected chi connectivity index (χ3v) is 4.34. The lowest BCUT2D eigenvalue weighted by molar-refractivity contribution is 0.619. The molecule has 0 saturated carbocycles. The number of nitrogens with two attached hydrogens (primary N) is 1. The second-order valence-electron chi connectivity index (χ2n) is 6.27. The van der Waals surface area contributed by atoms with Crippen molar-refractivity contribution in [1.82, 2.24) is 24.3 Å². The number of nitriles is 1. The summed E-state index contributed by atoms with van der Waals surface area (Å²) in [6.07, 6.45) is 5.05. The van der Waals surface area contributed by atoms with E-state index in [1.165, 1.54) is 41.3 Å². The van der Waals surface area contributed by atoms with Gasteiger partial charge in [-0.1, -0.05) is 0 Å². The van der Waals surface area contributed by atoms with E-state index in [0.29, 0.717) is 22.6 Å². The van der Waals surface area contributed by atoms with Crippen LogP contribution in [-0.4, -0.2) is 24.3 Å². The van der Waals surface area contributed by atoms with E-state index in [0.717, 1.165) is 6.20 Å². The zero-order valence-electron chi connectivity index (χ0n) is 15.1. The molecule has 4 heterocycles. The molecule has 1 atom stereocenters. The molecule has 4 rings (SSSR count). The van der Waals surface area contributed by atoms with Crippen LogP contribution in [0.4, 0.5) is 20.4 Å². The van der Waals surface area contributed by atoms with E-state index in [1.807, 2.05) is 6.07 Å². The van der Waals surface area contributed by atoms with Gasteiger partial charge in [-0.15, -0.1) is 0 Å². The standard InChI is InChI=1S/C19H14F2N8/c1-10(27-19-14(5-22)18(23)25-9-26-19)16-17(11-4-13(21)7-24-6-11)29-8-12(20)2-3-15(29)28-16/h2-4,6-10H,1H3,(H3,23,25,26,27). The molecule has 8 nitrogen and oxygen atoms in total. The fraction of sp³-hybridized carbons (Fsp3) is 0.105. The summed E-state index contributed by atoms with van der Waals surface area (Å²) in [5.74, 6) is -0.721. The molecule has 0 saturated heterocycles. The summed E-state index contributed by atoms with van der Waals surface area (Å²) < 4.78 is 29.2. The number of nitrogen functional groups attached to an aromatic ring is 1. The summed E-state index contributed by atoms with van der Waals surface area (Å²) in [4.78, 5) is 16.3. The third-order valence-electron chi connectivity index (χ3n) is 4.34. The molecule has 0 aliphatic carbocycles. The summed E-state index contributed by atoms with van der Waals surface area (Å²) in [6, 6.07) is 5.57. The van der Waals surface area contributed by atoms with E-state index in [1.54, 1.807) is 6.92 Å². The highest BCUT2D eigenvalue weighted by molar-refractivity contribution is 5.69. The van der Waals surface area contributed by atoms with Gasteiger partial charge in [0.2, 0.25) is 0 Å². The number of hydrogen-bond acceptors (Lipinski definition) is 7. The monoisotopic (exact) mass is 392 g/mol. The Hall–Kier alpha value is -4.13. The van der Waals surface area contributed by atoms with Gasteiger partial charge in [-0.25, -0.2) is 23.7 Å². The van der Waals surface area contributed by atoms with Crippen molar-refractivity contribution in [2.24, 2.45) is 0 Å². The van der Waals surface area contributed by atoms with Gasteiger partial charge < -0.3 is 11.1 Å². The average Bonchev–Trinajstić information content (AvgIpc) is 3.07. The van der Waals surface area contributed by atoms with E-state index >= 15 is 0 Å². The van der Waals surface area contributed by atoms with Crippen molar-refractivity contribution in [2.45, 2.75) is 13.0 Å². The van der Waals surface area contributed by atoms with Gasteiger partial charge in [0.25, 0.3) is 0 Å². The Kier molecular flexibility index (Phi) is 4.48. The van der Waals surface area contributed by atoms with E-state index in [4.69, 9.17) is 5.73 Å². The summed E-state index contributed by atoms with van der Waals surface area (Å²) in [5, 5.41) is 12.4. The van der Waals surface area contributed by atoms with Crippen LogP contribution in [0.3, 0.4) is 0 Å². The highest BCUT2D eigenvalue weighted by atomic mass is 19.1. The predicted octanol–water partition coefficient (Wildman–Crippen LogP) is 3.09. The van der Waals surface area contributed by atoms with E-state index in [-0.39, 0.29) is 17.2 Å². The number of aromatic nitrogens is 5. The Bertz CT molecular complexity index is 1260. The SMILES string of the molecule is CC(Nc1ncnc(N)c1C#N)c1nc2ccc(F)cn2c1-c1cncc(F)c1. The second-order valence-corrected chi connectivity index (χ2v) is 6.27. The highest BCUT2D eigenvalue weighted by Gasteiger charge is 2.22. The van der Waals surface area contributed by atoms with Crippen LogP contribution >= 0.6 is 0 Å². The minimum Gasteiger partial charge on any atom is -0.382 e. The van der Waals surface area contributed by atoms with Gasteiger partial charge in [0.1, 0.15) is 46.9 Å². The molecule has 0 aliphatic rings. The molecule has 3 N–H and O–H groups in total. The number of rotatable bonds is 4. The normalized spacial score (nSPS) is 11.9. The van der Waals surface area contributed by atoms with Gasteiger partial charge in [-0.2, -0.15) is 5.26 Å². The van der Waals surface area contributed by atoms with E-state index in [2.05, 4.69) is 25.3 Å². The molecule has 0 fully saturated rings. The molecule has 144 valence electrons. The lowest BCUT2D eigenvalue weighted by atomic mass is 10.1. The fourth-order valence-electron chi connectivity index (χ4n) is 3.06. The van der Waals surface area contributed by atoms with Crippen LogP contribution in [0.5, 0.6) is 0 Å². The molecule has 0 radical (unpaired) electrons. The Balaban J connectivity index is 1.87. The molecule has 29 heavy (non-hydrogen) atoms. The zero-order valence-corrected chi connectivity index (χ0v) is 15.1. The number of fused-ring (bicyclic) bond motifs is 1. The molecule has 4 aromatic rings. The van der Waals surface area contributed by atoms with Crippen LogP contribution in [0.25, 0.3) is 16.9 Å². The Morgan fingerprint density at radius 2 is 2.03 bits per heavy atom. The van der Waals surface area contributed by atoms with Crippen LogP contribution in [0.15, 0.2) is 43.1 Å². The number of nitrogens with zero attached hydrogens (tertiary/aromatic N) is 6. The maximum absolute atomic E-state index is 13.9. The maximum atomic E-state index is 13.9. The lowest BCUT2D eigenvalue weighted by Gasteiger charge is -2.16. The Labute approximate surface area is 163 Å². The van der Waals surface area contributed by atoms with Gasteiger partial charge in [0.15, 0.2) is 0 Å². The predicted molar refractivity (Wildman–Crippen MR) is 102 cm³/mol. The smallest absolute Gasteiger partial charge is 0.150 e. The molecule has 0 bridgehead atoms. The summed E-state index contributed by atoms with van der Waals surface area (Å²) in [5.41, 5.74) is 7.69. The van der Waals surface area contributed by atoms with Crippen molar-refractivity contribution in [3.63, 3.8) is 0 Å². The molecule has 0 amide bonds. The number of pyridine rings is 2. The largest absolute Gasteiger partial charge is 0.382 e. The van der Waals surface area contributed by atoms with Crippen molar-refractivity contribution in [3.8, 4) is 17.3 Å². The molecule has 10 heteroatoms. The van der Waals surface area contributed by atoms with Crippen LogP contribution < -0.4 is 11.1 Å². The quantitative estimate of drug-likeness (QED) is 0.548. The molecule has 4 aromatic heterocycles. The van der Waals surface area contributed by atoms with Crippen molar-refractivity contribution in [1.29, 1.82) is 5.26 Å². The zero-order chi connectivity index (χ0) is 20.5. The minimum absolute atomic E-state index is 0.0452. The molecular formula is C19H14F2N8.